The van der Waals surface area contributed by atoms with Crippen LogP contribution in [0.2, 0.25) is 0 Å². The molecule has 0 radical (unpaired) electrons. The fourth-order valence-corrected chi connectivity index (χ4v) is 2.82. The lowest BCUT2D eigenvalue weighted by molar-refractivity contribution is -0.118. The van der Waals surface area contributed by atoms with Gasteiger partial charge in [0, 0.05) is 15.7 Å². The first-order chi connectivity index (χ1) is 14.5. The molecular weight excluding hydrogens is 450 g/mol. The maximum Gasteiger partial charge on any atom is 0.342 e. The van der Waals surface area contributed by atoms with Crippen LogP contribution in [0.3, 0.4) is 0 Å². The van der Waals surface area contributed by atoms with Gasteiger partial charge in [0.05, 0.1) is 0 Å². The Kier molecular flexibility index (Phi) is 7.34. The number of ether oxygens (including phenoxy) is 2. The summed E-state index contributed by atoms with van der Waals surface area (Å²) in [7, 11) is 0. The average molecular weight is 468 g/mol. The van der Waals surface area contributed by atoms with E-state index in [1.807, 2.05) is 0 Å². The highest BCUT2D eigenvalue weighted by atomic mass is 79.9. The van der Waals surface area contributed by atoms with Gasteiger partial charge in [0.25, 0.3) is 5.91 Å². The molecule has 0 atom stereocenters. The third kappa shape index (κ3) is 6.02. The van der Waals surface area contributed by atoms with Gasteiger partial charge < -0.3 is 14.8 Å². The van der Waals surface area contributed by atoms with Gasteiger partial charge in [-0.15, -0.1) is 0 Å². The summed E-state index contributed by atoms with van der Waals surface area (Å²) in [6, 6.07) is 22.1. The van der Waals surface area contributed by atoms with Crippen molar-refractivity contribution in [3.8, 4) is 5.75 Å². The molecule has 0 aromatic heterocycles. The summed E-state index contributed by atoms with van der Waals surface area (Å²) >= 11 is 3.33. The molecule has 3 aromatic rings. The third-order valence-electron chi connectivity index (χ3n) is 4.02. The van der Waals surface area contributed by atoms with E-state index in [-0.39, 0.29) is 36.2 Å². The van der Waals surface area contributed by atoms with Crippen LogP contribution in [0.15, 0.2) is 83.3 Å². The third-order valence-corrected chi connectivity index (χ3v) is 4.55. The first-order valence-corrected chi connectivity index (χ1v) is 9.85. The van der Waals surface area contributed by atoms with Gasteiger partial charge in [0.2, 0.25) is 0 Å². The monoisotopic (exact) mass is 467 g/mol. The molecule has 0 aliphatic heterocycles. The van der Waals surface area contributed by atoms with Crippen LogP contribution in [0.5, 0.6) is 5.75 Å². The highest BCUT2D eigenvalue weighted by Gasteiger charge is 2.17. The smallest absolute Gasteiger partial charge is 0.342 e. The number of esters is 1. The quantitative estimate of drug-likeness (QED) is 0.389. The van der Waals surface area contributed by atoms with Crippen molar-refractivity contribution in [2.45, 2.75) is 0 Å². The van der Waals surface area contributed by atoms with E-state index >= 15 is 0 Å². The Labute approximate surface area is 181 Å². The number of halogens is 1. The van der Waals surface area contributed by atoms with Gasteiger partial charge in [0.15, 0.2) is 19.0 Å². The van der Waals surface area contributed by atoms with Crippen molar-refractivity contribution in [3.63, 3.8) is 0 Å². The zero-order valence-electron chi connectivity index (χ0n) is 15.8. The lowest BCUT2D eigenvalue weighted by Gasteiger charge is -2.11. The van der Waals surface area contributed by atoms with E-state index in [4.69, 9.17) is 9.47 Å². The lowest BCUT2D eigenvalue weighted by atomic mass is 10.1. The first-order valence-electron chi connectivity index (χ1n) is 9.05. The van der Waals surface area contributed by atoms with Crippen LogP contribution >= 0.6 is 15.9 Å². The number of amides is 1. The van der Waals surface area contributed by atoms with E-state index in [9.17, 15) is 14.4 Å². The standard InChI is InChI=1S/C23H18BrNO5/c24-17-10-12-18(13-11-17)25-22(27)15-29-21-9-5-4-8-19(21)23(28)30-14-20(26)16-6-2-1-3-7-16/h1-13H,14-15H2,(H,25,27). The van der Waals surface area contributed by atoms with Gasteiger partial charge in [-0.25, -0.2) is 4.79 Å². The molecule has 3 aromatic carbocycles. The Morgan fingerprint density at radius 1 is 0.800 bits per heavy atom. The number of hydrogen-bond donors (Lipinski definition) is 1. The fraction of sp³-hybridized carbons (Fsp3) is 0.0870. The average Bonchev–Trinajstić information content (AvgIpc) is 2.78. The van der Waals surface area contributed by atoms with E-state index in [2.05, 4.69) is 21.2 Å². The summed E-state index contributed by atoms with van der Waals surface area (Å²) in [5, 5.41) is 2.70. The molecular formula is C23H18BrNO5. The number of benzene rings is 3. The van der Waals surface area contributed by atoms with Gasteiger partial charge in [-0.05, 0) is 36.4 Å². The van der Waals surface area contributed by atoms with Crippen LogP contribution in [-0.2, 0) is 9.53 Å². The van der Waals surface area contributed by atoms with Crippen molar-refractivity contribution in [2.24, 2.45) is 0 Å². The molecule has 0 fully saturated rings. The summed E-state index contributed by atoms with van der Waals surface area (Å²) in [4.78, 5) is 36.6. The molecule has 7 heteroatoms. The minimum atomic E-state index is -0.705. The van der Waals surface area contributed by atoms with Gasteiger partial charge >= 0.3 is 5.97 Å². The van der Waals surface area contributed by atoms with Gasteiger partial charge in [-0.3, -0.25) is 9.59 Å². The van der Waals surface area contributed by atoms with Crippen LogP contribution in [0.25, 0.3) is 0 Å². The Bertz CT molecular complexity index is 1030. The number of nitrogens with one attached hydrogen (secondary N) is 1. The summed E-state index contributed by atoms with van der Waals surface area (Å²) in [6.45, 7) is -0.676. The van der Waals surface area contributed by atoms with Crippen LogP contribution in [0.4, 0.5) is 5.69 Å². The largest absolute Gasteiger partial charge is 0.483 e. The minimum Gasteiger partial charge on any atom is -0.483 e. The molecule has 0 heterocycles. The second-order valence-electron chi connectivity index (χ2n) is 6.21. The molecule has 152 valence electrons. The van der Waals surface area contributed by atoms with Crippen molar-refractivity contribution in [1.29, 1.82) is 0 Å². The van der Waals surface area contributed by atoms with Crippen molar-refractivity contribution in [2.75, 3.05) is 18.5 Å². The molecule has 3 rings (SSSR count). The molecule has 0 spiro atoms. The topological polar surface area (TPSA) is 81.7 Å². The Balaban J connectivity index is 1.56. The van der Waals surface area contributed by atoms with Crippen LogP contribution in [0, 0.1) is 0 Å². The number of hydrogen-bond acceptors (Lipinski definition) is 5. The summed E-state index contributed by atoms with van der Waals surface area (Å²) in [6.07, 6.45) is 0. The van der Waals surface area contributed by atoms with Crippen molar-refractivity contribution in [1.82, 2.24) is 0 Å². The molecule has 1 amide bonds. The van der Waals surface area contributed by atoms with Gasteiger partial charge in [-0.1, -0.05) is 58.4 Å². The molecule has 0 bridgehead atoms. The zero-order valence-corrected chi connectivity index (χ0v) is 17.4. The number of carbonyl (C=O) groups is 3. The van der Waals surface area contributed by atoms with E-state index in [1.165, 1.54) is 6.07 Å². The van der Waals surface area contributed by atoms with Gasteiger partial charge in [0.1, 0.15) is 11.3 Å². The van der Waals surface area contributed by atoms with E-state index < -0.39 is 5.97 Å². The maximum atomic E-state index is 12.4. The molecule has 0 aliphatic carbocycles. The van der Waals surface area contributed by atoms with Crippen LogP contribution < -0.4 is 10.1 Å². The predicted octanol–water partition coefficient (Wildman–Crippen LogP) is 4.51. The number of para-hydroxylation sites is 1. The Morgan fingerprint density at radius 2 is 1.47 bits per heavy atom. The normalized spacial score (nSPS) is 10.2. The molecule has 30 heavy (non-hydrogen) atoms. The maximum absolute atomic E-state index is 12.4. The molecule has 6 nitrogen and oxygen atoms in total. The molecule has 1 N–H and O–H groups in total. The molecule has 0 aliphatic rings. The van der Waals surface area contributed by atoms with E-state index in [0.29, 0.717) is 11.3 Å². The van der Waals surface area contributed by atoms with Crippen molar-refractivity contribution >= 4 is 39.3 Å². The number of rotatable bonds is 8. The minimum absolute atomic E-state index is 0.134. The number of ketones is 1. The van der Waals surface area contributed by atoms with Crippen molar-refractivity contribution < 1.29 is 23.9 Å². The zero-order chi connectivity index (χ0) is 21.3. The van der Waals surface area contributed by atoms with Crippen molar-refractivity contribution in [3.05, 3.63) is 94.5 Å². The van der Waals surface area contributed by atoms with Gasteiger partial charge in [-0.2, -0.15) is 0 Å². The second-order valence-corrected chi connectivity index (χ2v) is 7.12. The highest BCUT2D eigenvalue weighted by Crippen LogP contribution is 2.19. The van der Waals surface area contributed by atoms with Crippen LogP contribution in [-0.4, -0.2) is 30.9 Å². The summed E-state index contributed by atoms with van der Waals surface area (Å²) < 4.78 is 11.5. The fourth-order valence-electron chi connectivity index (χ4n) is 2.55. The lowest BCUT2D eigenvalue weighted by Crippen LogP contribution is -2.21. The van der Waals surface area contributed by atoms with E-state index in [0.717, 1.165) is 4.47 Å². The predicted molar refractivity (Wildman–Crippen MR) is 116 cm³/mol. The number of anilines is 1. The number of Topliss-reactive ketones (excluding diaryl/α,β-unsaturated/α-hetero) is 1. The SMILES string of the molecule is O=C(COc1ccccc1C(=O)OCC(=O)c1ccccc1)Nc1ccc(Br)cc1. The molecule has 0 saturated carbocycles. The Hall–Kier alpha value is -3.45. The Morgan fingerprint density at radius 3 is 2.20 bits per heavy atom. The molecule has 0 saturated heterocycles. The first kappa shape index (κ1) is 21.3. The number of carbonyl (C=O) groups excluding carboxylic acids is 3. The van der Waals surface area contributed by atoms with E-state index in [1.54, 1.807) is 72.8 Å². The highest BCUT2D eigenvalue weighted by molar-refractivity contribution is 9.10. The van der Waals surface area contributed by atoms with Crippen LogP contribution in [0.1, 0.15) is 20.7 Å². The second kappa shape index (κ2) is 10.4. The summed E-state index contributed by atoms with van der Waals surface area (Å²) in [5.74, 6) is -1.19. The summed E-state index contributed by atoms with van der Waals surface area (Å²) in [5.41, 5.74) is 1.22. The molecule has 0 unspecified atom stereocenters.